The van der Waals surface area contributed by atoms with Crippen LogP contribution in [0.15, 0.2) is 29.2 Å². The van der Waals surface area contributed by atoms with Crippen molar-refractivity contribution in [1.29, 1.82) is 0 Å². The van der Waals surface area contributed by atoms with Crippen LogP contribution in [0.1, 0.15) is 24.8 Å². The highest BCUT2D eigenvalue weighted by Gasteiger charge is 2.39. The minimum atomic E-state index is -3.18. The molecule has 2 fully saturated rings. The molecule has 1 aromatic carbocycles. The van der Waals surface area contributed by atoms with Crippen molar-refractivity contribution in [2.45, 2.75) is 36.1 Å². The Morgan fingerprint density at radius 2 is 1.82 bits per heavy atom. The average Bonchev–Trinajstić information content (AvgIpc) is 2.72. The van der Waals surface area contributed by atoms with E-state index < -0.39 is 9.84 Å². The lowest BCUT2D eigenvalue weighted by Gasteiger charge is -2.48. The number of carbonyl (C=O) groups excluding carboxylic acids is 1. The fourth-order valence-corrected chi connectivity index (χ4v) is 5.79. The molecule has 1 amide bonds. The molecule has 2 heterocycles. The molecule has 0 aromatic heterocycles. The monoisotopic (exact) mass is 426 g/mol. The Hall–Kier alpha value is -1.09. The second kappa shape index (κ2) is 9.61. The van der Waals surface area contributed by atoms with Gasteiger partial charge < -0.3 is 10.1 Å². The zero-order valence-electron chi connectivity index (χ0n) is 16.5. The van der Waals surface area contributed by atoms with Gasteiger partial charge in [-0.25, -0.2) is 8.42 Å². The second-order valence-corrected chi connectivity index (χ2v) is 10.9. The second-order valence-electron chi connectivity index (χ2n) is 7.63. The number of amides is 1. The number of ether oxygens (including phenoxy) is 1. The van der Waals surface area contributed by atoms with Crippen LogP contribution in [0, 0.1) is 0 Å². The Balaban J connectivity index is 1.52. The number of rotatable bonds is 7. The molecule has 0 unspecified atom stereocenters. The third kappa shape index (κ3) is 5.72. The number of nitrogens with one attached hydrogen (secondary N) is 1. The Morgan fingerprint density at radius 3 is 2.43 bits per heavy atom. The molecule has 1 aromatic rings. The Morgan fingerprint density at radius 1 is 1.18 bits per heavy atom. The summed E-state index contributed by atoms with van der Waals surface area (Å²) in [6.45, 7) is 4.11. The van der Waals surface area contributed by atoms with Gasteiger partial charge in [0.2, 0.25) is 5.91 Å². The summed E-state index contributed by atoms with van der Waals surface area (Å²) >= 11 is 1.99. The van der Waals surface area contributed by atoms with E-state index in [0.29, 0.717) is 24.3 Å². The van der Waals surface area contributed by atoms with E-state index in [0.717, 1.165) is 56.2 Å². The van der Waals surface area contributed by atoms with Gasteiger partial charge in [0.25, 0.3) is 0 Å². The molecule has 0 atom stereocenters. The first-order valence-electron chi connectivity index (χ1n) is 9.85. The van der Waals surface area contributed by atoms with Gasteiger partial charge in [-0.1, -0.05) is 12.1 Å². The zero-order valence-corrected chi connectivity index (χ0v) is 18.1. The van der Waals surface area contributed by atoms with Gasteiger partial charge in [0, 0.05) is 37.8 Å². The van der Waals surface area contributed by atoms with Gasteiger partial charge >= 0.3 is 0 Å². The normalized spacial score (nSPS) is 20.6. The van der Waals surface area contributed by atoms with Crippen molar-refractivity contribution in [3.63, 3.8) is 0 Å². The smallest absolute Gasteiger partial charge is 0.220 e. The average molecular weight is 427 g/mol. The molecule has 2 aliphatic heterocycles. The first kappa shape index (κ1) is 21.6. The van der Waals surface area contributed by atoms with Crippen LogP contribution >= 0.6 is 11.8 Å². The molecule has 1 N–H and O–H groups in total. The Labute approximate surface area is 172 Å². The number of morpholine rings is 1. The minimum absolute atomic E-state index is 0.0538. The van der Waals surface area contributed by atoms with Crippen LogP contribution in [0.3, 0.4) is 0 Å². The van der Waals surface area contributed by atoms with Crippen molar-refractivity contribution >= 4 is 27.5 Å². The Kier molecular flexibility index (Phi) is 7.42. The molecular weight excluding hydrogens is 396 g/mol. The van der Waals surface area contributed by atoms with Crippen LogP contribution in [-0.2, 0) is 25.8 Å². The van der Waals surface area contributed by atoms with E-state index in [9.17, 15) is 13.2 Å². The number of carbonyl (C=O) groups is 1. The van der Waals surface area contributed by atoms with E-state index in [1.54, 1.807) is 24.3 Å². The molecular formula is C20H30N2O4S2. The number of sulfone groups is 1. The van der Waals surface area contributed by atoms with E-state index in [1.165, 1.54) is 6.26 Å². The predicted octanol–water partition coefficient (Wildman–Crippen LogP) is 1.74. The maximum atomic E-state index is 12.5. The van der Waals surface area contributed by atoms with Crippen molar-refractivity contribution in [3.8, 4) is 0 Å². The van der Waals surface area contributed by atoms with E-state index in [-0.39, 0.29) is 11.4 Å². The van der Waals surface area contributed by atoms with Crippen LogP contribution in [-0.4, -0.2) is 75.4 Å². The molecule has 0 bridgehead atoms. The number of benzene rings is 1. The molecule has 0 saturated carbocycles. The maximum Gasteiger partial charge on any atom is 0.220 e. The van der Waals surface area contributed by atoms with Crippen LogP contribution in [0.25, 0.3) is 0 Å². The molecule has 8 heteroatoms. The third-order valence-electron chi connectivity index (χ3n) is 5.71. The lowest BCUT2D eigenvalue weighted by molar-refractivity contribution is -0.122. The molecule has 0 aliphatic carbocycles. The van der Waals surface area contributed by atoms with Crippen LogP contribution in [0.2, 0.25) is 0 Å². The molecule has 0 spiro atoms. The molecule has 156 valence electrons. The van der Waals surface area contributed by atoms with Crippen molar-refractivity contribution in [2.24, 2.45) is 0 Å². The summed E-state index contributed by atoms with van der Waals surface area (Å²) in [5.74, 6) is 2.33. The fraction of sp³-hybridized carbons (Fsp3) is 0.650. The highest BCUT2D eigenvalue weighted by molar-refractivity contribution is 7.99. The summed E-state index contributed by atoms with van der Waals surface area (Å²) in [6.07, 6.45) is 4.42. The maximum absolute atomic E-state index is 12.5. The van der Waals surface area contributed by atoms with Crippen molar-refractivity contribution in [2.75, 3.05) is 50.6 Å². The van der Waals surface area contributed by atoms with Gasteiger partial charge in [-0.3, -0.25) is 9.69 Å². The summed E-state index contributed by atoms with van der Waals surface area (Å²) in [5.41, 5.74) is 1.03. The highest BCUT2D eigenvalue weighted by Crippen LogP contribution is 2.32. The van der Waals surface area contributed by atoms with Crippen LogP contribution in [0.4, 0.5) is 0 Å². The van der Waals surface area contributed by atoms with Gasteiger partial charge in [0.05, 0.1) is 18.1 Å². The van der Waals surface area contributed by atoms with Crippen LogP contribution in [0.5, 0.6) is 0 Å². The number of aryl methyl sites for hydroxylation is 1. The van der Waals surface area contributed by atoms with E-state index in [1.807, 2.05) is 11.8 Å². The molecule has 2 saturated heterocycles. The van der Waals surface area contributed by atoms with Crippen LogP contribution < -0.4 is 5.32 Å². The lowest BCUT2D eigenvalue weighted by Crippen LogP contribution is -2.60. The Bertz CT molecular complexity index is 753. The van der Waals surface area contributed by atoms with Gasteiger partial charge in [0.15, 0.2) is 9.84 Å². The number of thioether (sulfide) groups is 1. The van der Waals surface area contributed by atoms with E-state index in [4.69, 9.17) is 4.74 Å². The molecule has 6 nitrogen and oxygen atoms in total. The molecule has 0 radical (unpaired) electrons. The van der Waals surface area contributed by atoms with Crippen molar-refractivity contribution in [1.82, 2.24) is 10.2 Å². The van der Waals surface area contributed by atoms with Gasteiger partial charge in [-0.2, -0.15) is 11.8 Å². The summed E-state index contributed by atoms with van der Waals surface area (Å²) in [7, 11) is -3.18. The number of nitrogens with zero attached hydrogens (tertiary/aromatic N) is 1. The fourth-order valence-electron chi connectivity index (χ4n) is 3.91. The molecule has 2 aliphatic rings. The summed E-state index contributed by atoms with van der Waals surface area (Å²) < 4.78 is 28.6. The minimum Gasteiger partial charge on any atom is -0.379 e. The van der Waals surface area contributed by atoms with Gasteiger partial charge in [0.1, 0.15) is 0 Å². The summed E-state index contributed by atoms with van der Waals surface area (Å²) in [5, 5.41) is 3.17. The first-order valence-corrected chi connectivity index (χ1v) is 12.9. The molecule has 28 heavy (non-hydrogen) atoms. The van der Waals surface area contributed by atoms with Crippen molar-refractivity contribution in [3.05, 3.63) is 29.8 Å². The topological polar surface area (TPSA) is 75.7 Å². The van der Waals surface area contributed by atoms with Crippen molar-refractivity contribution < 1.29 is 17.9 Å². The summed E-state index contributed by atoms with van der Waals surface area (Å²) in [6, 6.07) is 6.79. The van der Waals surface area contributed by atoms with Gasteiger partial charge in [-0.05, 0) is 48.5 Å². The van der Waals surface area contributed by atoms with Gasteiger partial charge in [-0.15, -0.1) is 0 Å². The van der Waals surface area contributed by atoms with E-state index >= 15 is 0 Å². The number of hydrogen-bond acceptors (Lipinski definition) is 6. The lowest BCUT2D eigenvalue weighted by atomic mass is 9.89. The standard InChI is InChI=1S/C20H30N2O4S2/c1-28(24,25)18-5-2-17(3-6-18)4-7-19(23)21-16-20(8-14-27-15-9-20)22-10-12-26-13-11-22/h2-3,5-6H,4,7-16H2,1H3,(H,21,23). The highest BCUT2D eigenvalue weighted by atomic mass is 32.2. The predicted molar refractivity (Wildman–Crippen MR) is 113 cm³/mol. The third-order valence-corrected chi connectivity index (χ3v) is 7.83. The van der Waals surface area contributed by atoms with E-state index in [2.05, 4.69) is 10.2 Å². The quantitative estimate of drug-likeness (QED) is 0.716. The molecule has 3 rings (SSSR count). The largest absolute Gasteiger partial charge is 0.379 e. The first-order chi connectivity index (χ1) is 13.4. The summed E-state index contributed by atoms with van der Waals surface area (Å²) in [4.78, 5) is 15.3. The zero-order chi connectivity index (χ0) is 20.0. The number of hydrogen-bond donors (Lipinski definition) is 1. The SMILES string of the molecule is CS(=O)(=O)c1ccc(CCC(=O)NCC2(N3CCOCC3)CCSCC2)cc1.